The first kappa shape index (κ1) is 21.2. The van der Waals surface area contributed by atoms with Gasteiger partial charge in [0.15, 0.2) is 5.16 Å². The molecule has 1 atom stereocenters. The Morgan fingerprint density at radius 1 is 1.37 bits per heavy atom. The van der Waals surface area contributed by atoms with Crippen molar-refractivity contribution in [3.63, 3.8) is 0 Å². The number of aromatic nitrogens is 2. The number of hydrogen-bond donors (Lipinski definition) is 1. The van der Waals surface area contributed by atoms with Gasteiger partial charge in [-0.05, 0) is 31.5 Å². The van der Waals surface area contributed by atoms with Gasteiger partial charge in [-0.3, -0.25) is 19.5 Å². The van der Waals surface area contributed by atoms with Gasteiger partial charge in [0.1, 0.15) is 0 Å². The molecule has 27 heavy (non-hydrogen) atoms. The molecule has 146 valence electrons. The summed E-state index contributed by atoms with van der Waals surface area (Å²) in [5.41, 5.74) is 0.304. The summed E-state index contributed by atoms with van der Waals surface area (Å²) in [5, 5.41) is 2.85. The molecule has 0 radical (unpaired) electrons. The molecule has 0 fully saturated rings. The number of imide groups is 1. The molecule has 1 aromatic carbocycles. The summed E-state index contributed by atoms with van der Waals surface area (Å²) in [6.45, 7) is 4.22. The lowest BCUT2D eigenvalue weighted by Gasteiger charge is -2.16. The monoisotopic (exact) mass is 411 g/mol. The molecule has 0 saturated heterocycles. The summed E-state index contributed by atoms with van der Waals surface area (Å²) in [7, 11) is 1.18. The van der Waals surface area contributed by atoms with Gasteiger partial charge in [-0.1, -0.05) is 43.1 Å². The van der Waals surface area contributed by atoms with Gasteiger partial charge < -0.3 is 4.74 Å². The molecular weight excluding hydrogens is 390 g/mol. The van der Waals surface area contributed by atoms with Gasteiger partial charge in [0, 0.05) is 11.6 Å². The number of hydrogen-bond acceptors (Lipinski definition) is 6. The molecule has 1 aromatic heterocycles. The molecule has 0 aliphatic heterocycles. The van der Waals surface area contributed by atoms with Crippen LogP contribution in [0, 0.1) is 0 Å². The molecule has 0 bridgehead atoms. The van der Waals surface area contributed by atoms with E-state index in [1.54, 1.807) is 29.7 Å². The van der Waals surface area contributed by atoms with Gasteiger partial charge in [-0.2, -0.15) is 0 Å². The van der Waals surface area contributed by atoms with Crippen LogP contribution in [0.4, 0.5) is 4.79 Å². The Morgan fingerprint density at radius 2 is 2.11 bits per heavy atom. The van der Waals surface area contributed by atoms with Crippen LogP contribution in [0.2, 0.25) is 5.02 Å². The molecule has 2 aromatic rings. The van der Waals surface area contributed by atoms with Gasteiger partial charge in [0.05, 0.1) is 23.3 Å². The summed E-state index contributed by atoms with van der Waals surface area (Å²) in [4.78, 5) is 40.8. The second-order valence-corrected chi connectivity index (χ2v) is 7.71. The van der Waals surface area contributed by atoms with Gasteiger partial charge in [-0.15, -0.1) is 0 Å². The number of alkyl carbamates (subject to hydrolysis) is 1. The summed E-state index contributed by atoms with van der Waals surface area (Å²) < 4.78 is 6.02. The van der Waals surface area contributed by atoms with Crippen molar-refractivity contribution in [3.05, 3.63) is 33.6 Å². The minimum atomic E-state index is -0.828. The van der Waals surface area contributed by atoms with Crippen LogP contribution in [0.1, 0.15) is 33.1 Å². The Balaban J connectivity index is 2.39. The van der Waals surface area contributed by atoms with Gasteiger partial charge in [0.25, 0.3) is 5.56 Å². The van der Waals surface area contributed by atoms with Crippen LogP contribution in [0.25, 0.3) is 10.9 Å². The van der Waals surface area contributed by atoms with Crippen LogP contribution in [0.3, 0.4) is 0 Å². The highest BCUT2D eigenvalue weighted by Crippen LogP contribution is 2.24. The molecule has 2 amide bonds. The number of halogens is 1. The first-order chi connectivity index (χ1) is 12.9. The topological polar surface area (TPSA) is 90.3 Å². The standard InChI is InChI=1S/C18H22ClN3O4S/c1-4-5-6-9-22-16(24)13-8-7-12(19)10-14(13)20-17(22)27-11(2)15(23)21-18(25)26-3/h7-8,10-11H,4-6,9H2,1-3H3,(H,21,23,25)/t11-/m1/s1. The predicted octanol–water partition coefficient (Wildman–Crippen LogP) is 3.60. The molecule has 1 heterocycles. The quantitative estimate of drug-likeness (QED) is 0.425. The minimum Gasteiger partial charge on any atom is -0.453 e. The lowest BCUT2D eigenvalue weighted by molar-refractivity contribution is -0.119. The average Bonchev–Trinajstić information content (AvgIpc) is 2.63. The molecule has 0 saturated carbocycles. The van der Waals surface area contributed by atoms with Crippen molar-refractivity contribution in [1.29, 1.82) is 0 Å². The molecule has 2 rings (SSSR count). The third-order valence-corrected chi connectivity index (χ3v) is 5.25. The number of ether oxygens (including phenoxy) is 1. The number of rotatable bonds is 7. The maximum absolute atomic E-state index is 12.9. The van der Waals surface area contributed by atoms with Crippen molar-refractivity contribution in [2.45, 2.75) is 50.1 Å². The summed E-state index contributed by atoms with van der Waals surface area (Å²) in [6, 6.07) is 4.94. The van der Waals surface area contributed by atoms with Crippen molar-refractivity contribution in [3.8, 4) is 0 Å². The lowest BCUT2D eigenvalue weighted by atomic mass is 10.2. The normalized spacial score (nSPS) is 12.0. The fourth-order valence-corrected chi connectivity index (χ4v) is 3.55. The van der Waals surface area contributed by atoms with Gasteiger partial charge >= 0.3 is 6.09 Å². The Labute approximate surface area is 166 Å². The maximum Gasteiger partial charge on any atom is 0.413 e. The fraction of sp³-hybridized carbons (Fsp3) is 0.444. The Morgan fingerprint density at radius 3 is 2.78 bits per heavy atom. The molecule has 0 aliphatic rings. The highest BCUT2D eigenvalue weighted by molar-refractivity contribution is 8.00. The average molecular weight is 412 g/mol. The molecule has 0 unspecified atom stereocenters. The zero-order chi connectivity index (χ0) is 20.0. The van der Waals surface area contributed by atoms with E-state index in [2.05, 4.69) is 22.0 Å². The minimum absolute atomic E-state index is 0.171. The molecular formula is C18H22ClN3O4S. The third kappa shape index (κ3) is 5.46. The van der Waals surface area contributed by atoms with Gasteiger partial charge in [-0.25, -0.2) is 9.78 Å². The first-order valence-corrected chi connectivity index (χ1v) is 9.88. The van der Waals surface area contributed by atoms with Crippen LogP contribution in [0.5, 0.6) is 0 Å². The number of carbonyl (C=O) groups is 2. The van der Waals surface area contributed by atoms with Crippen molar-refractivity contribution in [1.82, 2.24) is 14.9 Å². The van der Waals surface area contributed by atoms with Crippen LogP contribution in [-0.2, 0) is 16.1 Å². The highest BCUT2D eigenvalue weighted by atomic mass is 35.5. The largest absolute Gasteiger partial charge is 0.453 e. The lowest BCUT2D eigenvalue weighted by Crippen LogP contribution is -2.36. The second-order valence-electron chi connectivity index (χ2n) is 5.96. The van der Waals surface area contributed by atoms with E-state index in [9.17, 15) is 14.4 Å². The SMILES string of the molecule is CCCCCn1c(S[C@H](C)C(=O)NC(=O)OC)nc2cc(Cl)ccc2c1=O. The number of benzene rings is 1. The van der Waals surface area contributed by atoms with E-state index in [0.717, 1.165) is 31.0 Å². The van der Waals surface area contributed by atoms with Crippen LogP contribution < -0.4 is 10.9 Å². The highest BCUT2D eigenvalue weighted by Gasteiger charge is 2.21. The van der Waals surface area contributed by atoms with Gasteiger partial charge in [0.2, 0.25) is 5.91 Å². The van der Waals surface area contributed by atoms with Crippen molar-refractivity contribution >= 4 is 46.3 Å². The number of methoxy groups -OCH3 is 1. The van der Waals surface area contributed by atoms with Crippen LogP contribution in [0.15, 0.2) is 28.2 Å². The Bertz CT molecular complexity index is 900. The number of amides is 2. The first-order valence-electron chi connectivity index (χ1n) is 8.63. The van der Waals surface area contributed by atoms with E-state index >= 15 is 0 Å². The van der Waals surface area contributed by atoms with E-state index in [1.807, 2.05) is 0 Å². The van der Waals surface area contributed by atoms with E-state index in [-0.39, 0.29) is 5.56 Å². The Kier molecular flexibility index (Phi) is 7.67. The van der Waals surface area contributed by atoms with Crippen molar-refractivity contribution in [2.24, 2.45) is 0 Å². The second kappa shape index (κ2) is 9.75. The molecule has 7 nitrogen and oxygen atoms in total. The number of carbonyl (C=O) groups excluding carboxylic acids is 2. The molecule has 0 aliphatic carbocycles. The number of fused-ring (bicyclic) bond motifs is 1. The summed E-state index contributed by atoms with van der Waals surface area (Å²) in [5.74, 6) is -0.521. The van der Waals surface area contributed by atoms with E-state index in [1.165, 1.54) is 7.11 Å². The number of nitrogens with zero attached hydrogens (tertiary/aromatic N) is 2. The van der Waals surface area contributed by atoms with E-state index in [4.69, 9.17) is 11.6 Å². The predicted molar refractivity (Wildman–Crippen MR) is 106 cm³/mol. The zero-order valence-corrected chi connectivity index (χ0v) is 17.0. The number of thioether (sulfide) groups is 1. The molecule has 0 spiro atoms. The van der Waals surface area contributed by atoms with E-state index < -0.39 is 17.3 Å². The fourth-order valence-electron chi connectivity index (χ4n) is 2.45. The molecule has 9 heteroatoms. The van der Waals surface area contributed by atoms with Crippen molar-refractivity contribution in [2.75, 3.05) is 7.11 Å². The smallest absolute Gasteiger partial charge is 0.413 e. The summed E-state index contributed by atoms with van der Waals surface area (Å²) in [6.07, 6.45) is 2.00. The van der Waals surface area contributed by atoms with Crippen molar-refractivity contribution < 1.29 is 14.3 Å². The maximum atomic E-state index is 12.9. The van der Waals surface area contributed by atoms with Crippen LogP contribution in [-0.4, -0.2) is 33.9 Å². The van der Waals surface area contributed by atoms with Crippen LogP contribution >= 0.6 is 23.4 Å². The number of nitrogens with one attached hydrogen (secondary N) is 1. The number of unbranched alkanes of at least 4 members (excludes halogenated alkanes) is 2. The summed E-state index contributed by atoms with van der Waals surface area (Å²) >= 11 is 7.14. The Hall–Kier alpha value is -2.06. The zero-order valence-electron chi connectivity index (χ0n) is 15.5. The van der Waals surface area contributed by atoms with E-state index in [0.29, 0.717) is 27.6 Å². The molecule has 1 N–H and O–H groups in total. The third-order valence-electron chi connectivity index (χ3n) is 3.93.